The predicted molar refractivity (Wildman–Crippen MR) is 113 cm³/mol. The molecule has 0 aliphatic carbocycles. The number of sulfonamides is 1. The first-order chi connectivity index (χ1) is 12.8. The van der Waals surface area contributed by atoms with Gasteiger partial charge in [-0.25, -0.2) is 8.42 Å². The summed E-state index contributed by atoms with van der Waals surface area (Å²) in [6.45, 7) is 6.15. The normalized spacial score (nSPS) is 20.3. The molecule has 1 amide bonds. The highest BCUT2D eigenvalue weighted by Crippen LogP contribution is 2.32. The van der Waals surface area contributed by atoms with E-state index < -0.39 is 10.0 Å². The van der Waals surface area contributed by atoms with Crippen molar-refractivity contribution in [2.75, 3.05) is 33.3 Å². The summed E-state index contributed by atoms with van der Waals surface area (Å²) in [5, 5.41) is 2.80. The number of amides is 1. The second-order valence-corrected chi connectivity index (χ2v) is 9.29. The summed E-state index contributed by atoms with van der Waals surface area (Å²) in [5.74, 6) is 0.541. The van der Waals surface area contributed by atoms with Crippen LogP contribution in [0.4, 0.5) is 0 Å². The molecular weight excluding hydrogens is 402 g/mol. The van der Waals surface area contributed by atoms with Crippen LogP contribution in [0.3, 0.4) is 0 Å². The van der Waals surface area contributed by atoms with E-state index in [1.165, 1.54) is 17.5 Å². The highest BCUT2D eigenvalue weighted by Gasteiger charge is 2.34. The maximum absolute atomic E-state index is 13.2. The molecule has 160 valence electrons. The van der Waals surface area contributed by atoms with E-state index in [4.69, 9.17) is 10.5 Å². The van der Waals surface area contributed by atoms with Crippen molar-refractivity contribution in [1.29, 1.82) is 0 Å². The zero-order valence-corrected chi connectivity index (χ0v) is 18.4. The number of piperidine rings is 1. The van der Waals surface area contributed by atoms with Gasteiger partial charge in [-0.1, -0.05) is 13.8 Å². The lowest BCUT2D eigenvalue weighted by Crippen LogP contribution is -2.42. The number of carbonyl (C=O) groups is 1. The standard InChI is InChI=1S/C19H31N3O4S.ClH/c1-14-10-15(2)13-22(12-14)27(24,25)18-11-16(6-7-17(18)26-3)19(23)21-9-5-4-8-20;/h6-7,11,14-15H,4-5,8-10,12-13,20H2,1-3H3,(H,21,23);1H. The lowest BCUT2D eigenvalue weighted by atomic mass is 9.94. The van der Waals surface area contributed by atoms with Crippen molar-refractivity contribution in [1.82, 2.24) is 9.62 Å². The lowest BCUT2D eigenvalue weighted by molar-refractivity contribution is 0.0952. The molecule has 1 saturated heterocycles. The van der Waals surface area contributed by atoms with Gasteiger partial charge in [0, 0.05) is 25.2 Å². The number of nitrogens with one attached hydrogen (secondary N) is 1. The highest BCUT2D eigenvalue weighted by atomic mass is 35.5. The molecule has 1 aliphatic rings. The zero-order chi connectivity index (χ0) is 20.0. The fourth-order valence-electron chi connectivity index (χ4n) is 3.53. The Labute approximate surface area is 174 Å². The van der Waals surface area contributed by atoms with Gasteiger partial charge < -0.3 is 15.8 Å². The minimum Gasteiger partial charge on any atom is -0.495 e. The van der Waals surface area contributed by atoms with E-state index in [0.29, 0.717) is 43.6 Å². The summed E-state index contributed by atoms with van der Waals surface area (Å²) in [6, 6.07) is 4.53. The number of nitrogens with zero attached hydrogens (tertiary/aromatic N) is 1. The molecule has 0 bridgehead atoms. The largest absolute Gasteiger partial charge is 0.495 e. The van der Waals surface area contributed by atoms with Crippen molar-refractivity contribution in [2.45, 2.75) is 38.0 Å². The van der Waals surface area contributed by atoms with Gasteiger partial charge in [-0.3, -0.25) is 4.79 Å². The number of unbranched alkanes of at least 4 members (excludes halogenated alkanes) is 1. The van der Waals surface area contributed by atoms with Crippen LogP contribution in [0.1, 0.15) is 43.5 Å². The molecule has 2 rings (SSSR count). The summed E-state index contributed by atoms with van der Waals surface area (Å²) in [4.78, 5) is 12.4. The molecule has 1 aromatic carbocycles. The average molecular weight is 434 g/mol. The van der Waals surface area contributed by atoms with Gasteiger partial charge in [-0.2, -0.15) is 4.31 Å². The molecule has 28 heavy (non-hydrogen) atoms. The van der Waals surface area contributed by atoms with E-state index in [9.17, 15) is 13.2 Å². The predicted octanol–water partition coefficient (Wildman–Crippen LogP) is 2.25. The first kappa shape index (κ1) is 24.7. The molecule has 1 aromatic rings. The first-order valence-electron chi connectivity index (χ1n) is 9.46. The third-order valence-electron chi connectivity index (χ3n) is 4.80. The number of nitrogens with two attached hydrogens (primary N) is 1. The third-order valence-corrected chi connectivity index (χ3v) is 6.65. The van der Waals surface area contributed by atoms with Gasteiger partial charge in [0.15, 0.2) is 0 Å². The van der Waals surface area contributed by atoms with Gasteiger partial charge in [0.25, 0.3) is 5.91 Å². The van der Waals surface area contributed by atoms with Crippen LogP contribution in [0.15, 0.2) is 23.1 Å². The first-order valence-corrected chi connectivity index (χ1v) is 10.9. The maximum Gasteiger partial charge on any atom is 0.251 e. The van der Waals surface area contributed by atoms with E-state index >= 15 is 0 Å². The van der Waals surface area contributed by atoms with Crippen molar-refractivity contribution in [3.63, 3.8) is 0 Å². The number of ether oxygens (including phenoxy) is 1. The summed E-state index contributed by atoms with van der Waals surface area (Å²) >= 11 is 0. The Kier molecular flexibility index (Phi) is 9.69. The van der Waals surface area contributed by atoms with Gasteiger partial charge >= 0.3 is 0 Å². The summed E-state index contributed by atoms with van der Waals surface area (Å²) in [6.07, 6.45) is 2.62. The van der Waals surface area contributed by atoms with Gasteiger partial charge in [0.1, 0.15) is 10.6 Å². The SMILES string of the molecule is COc1ccc(C(=O)NCCCCN)cc1S(=O)(=O)N1CC(C)CC(C)C1.Cl. The van der Waals surface area contributed by atoms with Gasteiger partial charge in [-0.05, 0) is 55.8 Å². The van der Waals surface area contributed by atoms with Crippen molar-refractivity contribution in [3.8, 4) is 5.75 Å². The van der Waals surface area contributed by atoms with Crippen LogP contribution in [0, 0.1) is 11.8 Å². The molecule has 0 aromatic heterocycles. The van der Waals surface area contributed by atoms with Crippen LogP contribution >= 0.6 is 12.4 Å². The van der Waals surface area contributed by atoms with E-state index in [2.05, 4.69) is 19.2 Å². The Bertz CT molecular complexity index is 748. The van der Waals surface area contributed by atoms with Crippen LogP contribution in [-0.2, 0) is 10.0 Å². The van der Waals surface area contributed by atoms with E-state index in [1.807, 2.05) is 0 Å². The Hall–Kier alpha value is -1.35. The molecule has 2 atom stereocenters. The Morgan fingerprint density at radius 3 is 2.46 bits per heavy atom. The average Bonchev–Trinajstić information content (AvgIpc) is 2.63. The fraction of sp³-hybridized carbons (Fsp3) is 0.632. The van der Waals surface area contributed by atoms with Crippen LogP contribution in [-0.4, -0.2) is 51.9 Å². The summed E-state index contributed by atoms with van der Waals surface area (Å²) < 4.78 is 33.2. The van der Waals surface area contributed by atoms with Crippen LogP contribution in [0.25, 0.3) is 0 Å². The molecule has 9 heteroatoms. The monoisotopic (exact) mass is 433 g/mol. The van der Waals surface area contributed by atoms with Crippen molar-refractivity contribution < 1.29 is 17.9 Å². The Morgan fingerprint density at radius 2 is 1.89 bits per heavy atom. The second kappa shape index (κ2) is 11.0. The molecule has 2 unspecified atom stereocenters. The summed E-state index contributed by atoms with van der Waals surface area (Å²) in [7, 11) is -2.31. The molecular formula is C19H32ClN3O4S. The minimum absolute atomic E-state index is 0. The van der Waals surface area contributed by atoms with Gasteiger partial charge in [0.05, 0.1) is 7.11 Å². The number of halogens is 1. The lowest BCUT2D eigenvalue weighted by Gasteiger charge is -2.34. The molecule has 1 fully saturated rings. The fourth-order valence-corrected chi connectivity index (χ4v) is 5.40. The van der Waals surface area contributed by atoms with Gasteiger partial charge in [0.2, 0.25) is 10.0 Å². The van der Waals surface area contributed by atoms with Gasteiger partial charge in [-0.15, -0.1) is 12.4 Å². The van der Waals surface area contributed by atoms with Crippen LogP contribution in [0.2, 0.25) is 0 Å². The second-order valence-electron chi connectivity index (χ2n) is 7.39. The molecule has 1 aliphatic heterocycles. The number of rotatable bonds is 8. The maximum atomic E-state index is 13.2. The quantitative estimate of drug-likeness (QED) is 0.612. The molecule has 7 nitrogen and oxygen atoms in total. The Morgan fingerprint density at radius 1 is 1.25 bits per heavy atom. The summed E-state index contributed by atoms with van der Waals surface area (Å²) in [5.41, 5.74) is 5.75. The Balaban J connectivity index is 0.00000392. The molecule has 0 saturated carbocycles. The number of hydrogen-bond acceptors (Lipinski definition) is 5. The molecule has 0 radical (unpaired) electrons. The van der Waals surface area contributed by atoms with Crippen LogP contribution < -0.4 is 15.8 Å². The van der Waals surface area contributed by atoms with Crippen molar-refractivity contribution in [3.05, 3.63) is 23.8 Å². The smallest absolute Gasteiger partial charge is 0.251 e. The molecule has 1 heterocycles. The minimum atomic E-state index is -3.74. The van der Waals surface area contributed by atoms with Crippen molar-refractivity contribution in [2.24, 2.45) is 17.6 Å². The number of carbonyl (C=O) groups excluding carboxylic acids is 1. The highest BCUT2D eigenvalue weighted by molar-refractivity contribution is 7.89. The van der Waals surface area contributed by atoms with E-state index in [1.54, 1.807) is 12.1 Å². The van der Waals surface area contributed by atoms with E-state index in [-0.39, 0.29) is 29.0 Å². The number of methoxy groups -OCH3 is 1. The number of hydrogen-bond donors (Lipinski definition) is 2. The van der Waals surface area contributed by atoms with Crippen LogP contribution in [0.5, 0.6) is 5.75 Å². The zero-order valence-electron chi connectivity index (χ0n) is 16.8. The molecule has 3 N–H and O–H groups in total. The van der Waals surface area contributed by atoms with E-state index in [0.717, 1.165) is 19.3 Å². The van der Waals surface area contributed by atoms with Crippen molar-refractivity contribution >= 4 is 28.3 Å². The molecule has 0 spiro atoms. The number of benzene rings is 1. The topological polar surface area (TPSA) is 102 Å². The third kappa shape index (κ3) is 6.07.